The van der Waals surface area contributed by atoms with Gasteiger partial charge in [-0.2, -0.15) is 0 Å². The zero-order valence-electron chi connectivity index (χ0n) is 16.1. The van der Waals surface area contributed by atoms with Gasteiger partial charge in [0.2, 0.25) is 5.91 Å². The molecule has 0 aliphatic carbocycles. The van der Waals surface area contributed by atoms with Gasteiger partial charge in [0.25, 0.3) is 0 Å². The van der Waals surface area contributed by atoms with Crippen molar-refractivity contribution in [2.75, 3.05) is 19.6 Å². The molecule has 0 spiro atoms. The maximum Gasteiger partial charge on any atom is 0.226 e. The van der Waals surface area contributed by atoms with Crippen molar-refractivity contribution < 1.29 is 4.79 Å². The van der Waals surface area contributed by atoms with Crippen molar-refractivity contribution in [2.24, 2.45) is 0 Å². The van der Waals surface area contributed by atoms with Crippen molar-refractivity contribution in [1.82, 2.24) is 15.2 Å². The fraction of sp³-hybridized carbons (Fsp3) is 0.524. The Morgan fingerprint density at radius 3 is 2.85 bits per heavy atom. The summed E-state index contributed by atoms with van der Waals surface area (Å²) in [6, 6.07) is 8.34. The predicted molar refractivity (Wildman–Crippen MR) is 114 cm³/mol. The van der Waals surface area contributed by atoms with E-state index in [-0.39, 0.29) is 5.91 Å². The van der Waals surface area contributed by atoms with Crippen LogP contribution in [-0.4, -0.2) is 41.5 Å². The van der Waals surface area contributed by atoms with E-state index in [1.165, 1.54) is 25.8 Å². The van der Waals surface area contributed by atoms with E-state index in [2.05, 4.69) is 22.1 Å². The molecule has 2 heterocycles. The lowest BCUT2D eigenvalue weighted by Gasteiger charge is -2.33. The Morgan fingerprint density at radius 2 is 2.11 bits per heavy atom. The Hall–Kier alpha value is -1.43. The van der Waals surface area contributed by atoms with Gasteiger partial charge in [0.1, 0.15) is 5.01 Å². The number of amides is 1. The molecule has 2 aromatic rings. The predicted octanol–water partition coefficient (Wildman–Crippen LogP) is 4.70. The fourth-order valence-corrected chi connectivity index (χ4v) is 4.58. The van der Waals surface area contributed by atoms with Crippen LogP contribution in [0.15, 0.2) is 24.3 Å². The summed E-state index contributed by atoms with van der Waals surface area (Å²) in [6.45, 7) is 7.33. The average Bonchev–Trinajstić information content (AvgIpc) is 3.01. The second-order valence-electron chi connectivity index (χ2n) is 7.29. The van der Waals surface area contributed by atoms with Crippen molar-refractivity contribution in [2.45, 2.75) is 52.0 Å². The molecule has 6 heteroatoms. The first-order chi connectivity index (χ1) is 13.0. The molecule has 1 atom stereocenters. The van der Waals surface area contributed by atoms with Crippen LogP contribution in [0, 0.1) is 6.92 Å². The number of hydrogen-bond acceptors (Lipinski definition) is 4. The van der Waals surface area contributed by atoms with E-state index >= 15 is 0 Å². The molecule has 1 unspecified atom stereocenters. The number of halogens is 1. The molecule has 1 aliphatic rings. The largest absolute Gasteiger partial charge is 0.356 e. The van der Waals surface area contributed by atoms with E-state index < -0.39 is 0 Å². The minimum Gasteiger partial charge on any atom is -0.356 e. The van der Waals surface area contributed by atoms with Crippen LogP contribution in [0.4, 0.5) is 0 Å². The molecule has 1 aromatic carbocycles. The Labute approximate surface area is 170 Å². The van der Waals surface area contributed by atoms with E-state index in [9.17, 15) is 4.79 Å². The summed E-state index contributed by atoms with van der Waals surface area (Å²) >= 11 is 7.57. The van der Waals surface area contributed by atoms with Gasteiger partial charge >= 0.3 is 0 Å². The summed E-state index contributed by atoms with van der Waals surface area (Å²) in [4.78, 5) is 20.6. The molecular weight excluding hydrogens is 378 g/mol. The van der Waals surface area contributed by atoms with Crippen LogP contribution in [0.2, 0.25) is 5.02 Å². The van der Waals surface area contributed by atoms with Crippen LogP contribution in [0.5, 0.6) is 0 Å². The number of hydrogen-bond donors (Lipinski definition) is 1. The number of nitrogens with zero attached hydrogens (tertiary/aromatic N) is 2. The smallest absolute Gasteiger partial charge is 0.226 e. The van der Waals surface area contributed by atoms with Gasteiger partial charge in [0.15, 0.2) is 0 Å². The normalized spacial score (nSPS) is 17.8. The van der Waals surface area contributed by atoms with Crippen LogP contribution in [0.25, 0.3) is 10.6 Å². The van der Waals surface area contributed by atoms with Gasteiger partial charge in [-0.15, -0.1) is 11.3 Å². The molecule has 1 aromatic heterocycles. The summed E-state index contributed by atoms with van der Waals surface area (Å²) in [5.74, 6) is 0.0535. The zero-order chi connectivity index (χ0) is 19.2. The Balaban J connectivity index is 1.46. The highest BCUT2D eigenvalue weighted by molar-refractivity contribution is 7.15. The first-order valence-corrected chi connectivity index (χ1v) is 11.0. The second kappa shape index (κ2) is 9.67. The number of benzene rings is 1. The van der Waals surface area contributed by atoms with Crippen LogP contribution >= 0.6 is 22.9 Å². The standard InChI is InChI=1S/C21H28ClN3OS/c1-15-6-3-4-12-25(15)13-5-11-23-20(26)14-19-16(2)27-21(24-19)17-7-9-18(22)10-8-17/h7-10,15H,3-6,11-14H2,1-2H3,(H,23,26). The third-order valence-corrected chi connectivity index (χ3v) is 6.51. The molecule has 1 aliphatic heterocycles. The molecule has 4 nitrogen and oxygen atoms in total. The van der Waals surface area contributed by atoms with Gasteiger partial charge in [-0.3, -0.25) is 4.79 Å². The van der Waals surface area contributed by atoms with Gasteiger partial charge in [-0.1, -0.05) is 30.2 Å². The molecule has 27 heavy (non-hydrogen) atoms. The van der Waals surface area contributed by atoms with E-state index in [0.29, 0.717) is 17.5 Å². The third-order valence-electron chi connectivity index (χ3n) is 5.20. The number of piperidine rings is 1. The van der Waals surface area contributed by atoms with E-state index in [1.807, 2.05) is 31.2 Å². The topological polar surface area (TPSA) is 45.2 Å². The highest BCUT2D eigenvalue weighted by atomic mass is 35.5. The van der Waals surface area contributed by atoms with Crippen molar-refractivity contribution in [3.8, 4) is 10.6 Å². The number of carbonyl (C=O) groups is 1. The van der Waals surface area contributed by atoms with Gasteiger partial charge < -0.3 is 10.2 Å². The third kappa shape index (κ3) is 5.77. The van der Waals surface area contributed by atoms with Gasteiger partial charge in [-0.25, -0.2) is 4.98 Å². The molecule has 146 valence electrons. The number of nitrogens with one attached hydrogen (secondary N) is 1. The first kappa shape index (κ1) is 20.3. The Bertz CT molecular complexity index is 759. The van der Waals surface area contributed by atoms with Crippen LogP contribution in [0.1, 0.15) is 43.2 Å². The molecule has 0 bridgehead atoms. The Morgan fingerprint density at radius 1 is 1.33 bits per heavy atom. The molecule has 1 saturated heterocycles. The highest BCUT2D eigenvalue weighted by Crippen LogP contribution is 2.28. The molecule has 1 fully saturated rings. The zero-order valence-corrected chi connectivity index (χ0v) is 17.7. The number of carbonyl (C=O) groups excluding carboxylic acids is 1. The van der Waals surface area contributed by atoms with Crippen LogP contribution in [0.3, 0.4) is 0 Å². The molecule has 1 amide bonds. The first-order valence-electron chi connectivity index (χ1n) is 9.76. The fourth-order valence-electron chi connectivity index (χ4n) is 3.52. The summed E-state index contributed by atoms with van der Waals surface area (Å²) in [7, 11) is 0. The number of thiazole rings is 1. The lowest BCUT2D eigenvalue weighted by molar-refractivity contribution is -0.120. The van der Waals surface area contributed by atoms with Gasteiger partial charge in [-0.05, 0) is 51.8 Å². The monoisotopic (exact) mass is 405 g/mol. The summed E-state index contributed by atoms with van der Waals surface area (Å²) in [5.41, 5.74) is 1.90. The quantitative estimate of drug-likeness (QED) is 0.679. The molecule has 3 rings (SSSR count). The minimum absolute atomic E-state index is 0.0535. The van der Waals surface area contributed by atoms with E-state index in [4.69, 9.17) is 11.6 Å². The number of likely N-dealkylation sites (tertiary alicyclic amines) is 1. The molecular formula is C21H28ClN3OS. The van der Waals surface area contributed by atoms with E-state index in [0.717, 1.165) is 40.7 Å². The molecule has 0 saturated carbocycles. The van der Waals surface area contributed by atoms with Crippen molar-refractivity contribution >= 4 is 28.8 Å². The SMILES string of the molecule is Cc1sc(-c2ccc(Cl)cc2)nc1CC(=O)NCCCN1CCCCC1C. The molecule has 0 radical (unpaired) electrons. The Kier molecular flexibility index (Phi) is 7.27. The summed E-state index contributed by atoms with van der Waals surface area (Å²) < 4.78 is 0. The minimum atomic E-state index is 0.0535. The van der Waals surface area contributed by atoms with Crippen molar-refractivity contribution in [3.63, 3.8) is 0 Å². The van der Waals surface area contributed by atoms with Gasteiger partial charge in [0.05, 0.1) is 12.1 Å². The van der Waals surface area contributed by atoms with Crippen molar-refractivity contribution in [1.29, 1.82) is 0 Å². The molecule has 1 N–H and O–H groups in total. The van der Waals surface area contributed by atoms with Crippen LogP contribution in [-0.2, 0) is 11.2 Å². The summed E-state index contributed by atoms with van der Waals surface area (Å²) in [5, 5.41) is 4.70. The lowest BCUT2D eigenvalue weighted by Crippen LogP contribution is -2.39. The summed E-state index contributed by atoms with van der Waals surface area (Å²) in [6.07, 6.45) is 5.29. The maximum atomic E-state index is 12.3. The van der Waals surface area contributed by atoms with E-state index in [1.54, 1.807) is 11.3 Å². The van der Waals surface area contributed by atoms with Crippen LogP contribution < -0.4 is 5.32 Å². The lowest BCUT2D eigenvalue weighted by atomic mass is 10.0. The number of aryl methyl sites for hydroxylation is 1. The second-order valence-corrected chi connectivity index (χ2v) is 8.93. The number of aromatic nitrogens is 1. The maximum absolute atomic E-state index is 12.3. The van der Waals surface area contributed by atoms with Crippen molar-refractivity contribution in [3.05, 3.63) is 39.9 Å². The van der Waals surface area contributed by atoms with Gasteiger partial charge in [0, 0.05) is 34.6 Å². The highest BCUT2D eigenvalue weighted by Gasteiger charge is 2.17. The average molecular weight is 406 g/mol. The number of rotatable bonds is 7.